The van der Waals surface area contributed by atoms with Crippen molar-refractivity contribution in [2.45, 2.75) is 25.3 Å². The van der Waals surface area contributed by atoms with E-state index in [1.807, 2.05) is 19.2 Å². The van der Waals surface area contributed by atoms with Crippen LogP contribution in [0, 0.1) is 0 Å². The minimum absolute atomic E-state index is 0.0238. The van der Waals surface area contributed by atoms with Crippen LogP contribution in [0.3, 0.4) is 0 Å². The molecule has 0 aliphatic carbocycles. The normalized spacial score (nSPS) is 18.6. The van der Waals surface area contributed by atoms with E-state index in [4.69, 9.17) is 16.3 Å². The molecule has 0 aromatic heterocycles. The molecule has 1 aromatic rings. The van der Waals surface area contributed by atoms with Gasteiger partial charge in [0.25, 0.3) is 0 Å². The molecule has 0 saturated carbocycles. The van der Waals surface area contributed by atoms with Crippen LogP contribution < -0.4 is 10.1 Å². The summed E-state index contributed by atoms with van der Waals surface area (Å²) in [6, 6.07) is 7.21. The molecule has 1 saturated heterocycles. The highest BCUT2D eigenvalue weighted by molar-refractivity contribution is 6.30. The quantitative estimate of drug-likeness (QED) is 0.907. The lowest BCUT2D eigenvalue weighted by Crippen LogP contribution is -2.48. The number of hydrogen-bond donors (Lipinski definition) is 1. The first kappa shape index (κ1) is 15.1. The number of halogens is 1. The minimum atomic E-state index is -0.0238. The van der Waals surface area contributed by atoms with Crippen molar-refractivity contribution in [1.29, 1.82) is 0 Å². The fraction of sp³-hybridized carbons (Fsp3) is 0.533. The van der Waals surface area contributed by atoms with Crippen LogP contribution in [-0.2, 0) is 4.79 Å². The Kier molecular flexibility index (Phi) is 5.68. The minimum Gasteiger partial charge on any atom is -0.492 e. The topological polar surface area (TPSA) is 41.6 Å². The number of rotatable bonds is 5. The van der Waals surface area contributed by atoms with E-state index in [1.54, 1.807) is 17.0 Å². The summed E-state index contributed by atoms with van der Waals surface area (Å²) in [6.07, 6.45) is 3.22. The maximum atomic E-state index is 12.2. The lowest BCUT2D eigenvalue weighted by molar-refractivity contribution is -0.133. The highest BCUT2D eigenvalue weighted by Gasteiger charge is 2.23. The molecule has 5 heteroatoms. The average Bonchev–Trinajstić information content (AvgIpc) is 2.49. The number of amides is 1. The number of likely N-dealkylation sites (N-methyl/N-ethyl adjacent to an activating group) is 1. The summed E-state index contributed by atoms with van der Waals surface area (Å²) < 4.78 is 5.60. The van der Waals surface area contributed by atoms with E-state index < -0.39 is 0 Å². The van der Waals surface area contributed by atoms with Crippen molar-refractivity contribution in [1.82, 2.24) is 10.2 Å². The molecule has 1 aliphatic rings. The maximum Gasteiger partial charge on any atom is 0.239 e. The van der Waals surface area contributed by atoms with Gasteiger partial charge in [-0.15, -0.1) is 0 Å². The summed E-state index contributed by atoms with van der Waals surface area (Å²) in [5.74, 6) is 0.926. The summed E-state index contributed by atoms with van der Waals surface area (Å²) in [5, 5.41) is 3.96. The van der Waals surface area contributed by atoms with E-state index in [0.717, 1.165) is 31.6 Å². The molecule has 0 spiro atoms. The molecule has 0 radical (unpaired) electrons. The molecule has 2 rings (SSSR count). The van der Waals surface area contributed by atoms with E-state index >= 15 is 0 Å². The molecule has 110 valence electrons. The van der Waals surface area contributed by atoms with Crippen molar-refractivity contribution in [2.75, 3.05) is 26.7 Å². The lowest BCUT2D eigenvalue weighted by Gasteiger charge is -2.27. The molecular weight excluding hydrogens is 276 g/mol. The fourth-order valence-electron chi connectivity index (χ4n) is 2.27. The second-order valence-corrected chi connectivity index (χ2v) is 5.50. The number of ether oxygens (including phenoxy) is 1. The standard InChI is InChI=1S/C15H21ClN2O2/c1-18(15(19)14-4-2-3-9-17-14)10-11-20-13-7-5-12(16)6-8-13/h5-8,14,17H,2-4,9-11H2,1H3/t14-/m1/s1. The van der Waals surface area contributed by atoms with Gasteiger partial charge in [-0.2, -0.15) is 0 Å². The van der Waals surface area contributed by atoms with Crippen molar-refractivity contribution < 1.29 is 9.53 Å². The fourth-order valence-corrected chi connectivity index (χ4v) is 2.40. The monoisotopic (exact) mass is 296 g/mol. The highest BCUT2D eigenvalue weighted by atomic mass is 35.5. The summed E-state index contributed by atoms with van der Waals surface area (Å²) in [6.45, 7) is 2.00. The van der Waals surface area contributed by atoms with Gasteiger partial charge in [-0.25, -0.2) is 0 Å². The third kappa shape index (κ3) is 4.39. The molecule has 0 bridgehead atoms. The predicted molar refractivity (Wildman–Crippen MR) is 80.2 cm³/mol. The van der Waals surface area contributed by atoms with E-state index in [9.17, 15) is 4.79 Å². The Balaban J connectivity index is 1.72. The van der Waals surface area contributed by atoms with Gasteiger partial charge < -0.3 is 15.0 Å². The zero-order chi connectivity index (χ0) is 14.4. The summed E-state index contributed by atoms with van der Waals surface area (Å²) >= 11 is 5.81. The van der Waals surface area contributed by atoms with Crippen molar-refractivity contribution in [3.63, 3.8) is 0 Å². The molecule has 1 aliphatic heterocycles. The number of nitrogens with one attached hydrogen (secondary N) is 1. The molecule has 0 unspecified atom stereocenters. The smallest absolute Gasteiger partial charge is 0.239 e. The zero-order valence-electron chi connectivity index (χ0n) is 11.8. The van der Waals surface area contributed by atoms with Gasteiger partial charge in [0.05, 0.1) is 12.6 Å². The predicted octanol–water partition coefficient (Wildman–Crippen LogP) is 2.32. The van der Waals surface area contributed by atoms with Gasteiger partial charge in [0.1, 0.15) is 12.4 Å². The van der Waals surface area contributed by atoms with Crippen LogP contribution in [0.4, 0.5) is 0 Å². The van der Waals surface area contributed by atoms with E-state index in [1.165, 1.54) is 0 Å². The molecule has 1 heterocycles. The summed E-state index contributed by atoms with van der Waals surface area (Å²) in [7, 11) is 1.82. The second kappa shape index (κ2) is 7.50. The van der Waals surface area contributed by atoms with Gasteiger partial charge in [-0.05, 0) is 43.7 Å². The summed E-state index contributed by atoms with van der Waals surface area (Å²) in [4.78, 5) is 13.9. The van der Waals surface area contributed by atoms with Crippen LogP contribution >= 0.6 is 11.6 Å². The first-order valence-corrected chi connectivity index (χ1v) is 7.41. The number of carbonyl (C=O) groups excluding carboxylic acids is 1. The lowest BCUT2D eigenvalue weighted by atomic mass is 10.0. The van der Waals surface area contributed by atoms with Crippen LogP contribution in [0.15, 0.2) is 24.3 Å². The third-order valence-corrected chi connectivity index (χ3v) is 3.75. The molecule has 4 nitrogen and oxygen atoms in total. The average molecular weight is 297 g/mol. The van der Waals surface area contributed by atoms with Crippen LogP contribution in [0.1, 0.15) is 19.3 Å². The molecule has 1 fully saturated rings. The number of benzene rings is 1. The molecule has 1 aromatic carbocycles. The van der Waals surface area contributed by atoms with E-state index in [-0.39, 0.29) is 11.9 Å². The number of piperidine rings is 1. The van der Waals surface area contributed by atoms with Gasteiger partial charge in [0, 0.05) is 12.1 Å². The Morgan fingerprint density at radius 2 is 2.15 bits per heavy atom. The van der Waals surface area contributed by atoms with Gasteiger partial charge in [-0.3, -0.25) is 4.79 Å². The Bertz CT molecular complexity index is 430. The van der Waals surface area contributed by atoms with Crippen molar-refractivity contribution >= 4 is 17.5 Å². The first-order valence-electron chi connectivity index (χ1n) is 7.03. The van der Waals surface area contributed by atoms with Crippen molar-refractivity contribution in [3.8, 4) is 5.75 Å². The summed E-state index contributed by atoms with van der Waals surface area (Å²) in [5.41, 5.74) is 0. The van der Waals surface area contributed by atoms with E-state index in [0.29, 0.717) is 18.2 Å². The molecule has 1 atom stereocenters. The van der Waals surface area contributed by atoms with Gasteiger partial charge in [0.2, 0.25) is 5.91 Å². The molecular formula is C15H21ClN2O2. The zero-order valence-corrected chi connectivity index (χ0v) is 12.5. The van der Waals surface area contributed by atoms with Crippen molar-refractivity contribution in [2.24, 2.45) is 0 Å². The molecule has 20 heavy (non-hydrogen) atoms. The Hall–Kier alpha value is -1.26. The number of carbonyl (C=O) groups is 1. The van der Waals surface area contributed by atoms with Gasteiger partial charge >= 0.3 is 0 Å². The Labute approximate surface area is 125 Å². The van der Waals surface area contributed by atoms with Crippen molar-refractivity contribution in [3.05, 3.63) is 29.3 Å². The largest absolute Gasteiger partial charge is 0.492 e. The third-order valence-electron chi connectivity index (χ3n) is 3.49. The Morgan fingerprint density at radius 3 is 2.80 bits per heavy atom. The van der Waals surface area contributed by atoms with Crippen LogP contribution in [0.2, 0.25) is 5.02 Å². The van der Waals surface area contributed by atoms with Crippen LogP contribution in [0.25, 0.3) is 0 Å². The maximum absolute atomic E-state index is 12.2. The second-order valence-electron chi connectivity index (χ2n) is 5.06. The van der Waals surface area contributed by atoms with E-state index in [2.05, 4.69) is 5.32 Å². The number of hydrogen-bond acceptors (Lipinski definition) is 3. The highest BCUT2D eigenvalue weighted by Crippen LogP contribution is 2.15. The van der Waals surface area contributed by atoms with Crippen LogP contribution in [-0.4, -0.2) is 43.6 Å². The van der Waals surface area contributed by atoms with Gasteiger partial charge in [-0.1, -0.05) is 18.0 Å². The first-order chi connectivity index (χ1) is 9.66. The molecule has 1 amide bonds. The van der Waals surface area contributed by atoms with Crippen LogP contribution in [0.5, 0.6) is 5.75 Å². The number of nitrogens with zero attached hydrogens (tertiary/aromatic N) is 1. The molecule has 1 N–H and O–H groups in total. The van der Waals surface area contributed by atoms with Gasteiger partial charge in [0.15, 0.2) is 0 Å². The Morgan fingerprint density at radius 1 is 1.40 bits per heavy atom. The SMILES string of the molecule is CN(CCOc1ccc(Cl)cc1)C(=O)[C@H]1CCCCN1.